The van der Waals surface area contributed by atoms with Gasteiger partial charge in [0.05, 0.1) is 24.9 Å². The molecular weight excluding hydrogens is 284 g/mol. The molecule has 2 unspecified atom stereocenters. The second kappa shape index (κ2) is 6.26. The van der Waals surface area contributed by atoms with Crippen molar-refractivity contribution in [2.24, 2.45) is 0 Å². The van der Waals surface area contributed by atoms with Gasteiger partial charge in [-0.05, 0) is 36.6 Å². The van der Waals surface area contributed by atoms with E-state index >= 15 is 0 Å². The number of nitrogens with zero attached hydrogens (tertiary/aromatic N) is 2. The van der Waals surface area contributed by atoms with E-state index in [4.69, 9.17) is 9.72 Å². The maximum Gasteiger partial charge on any atom is 0.0662 e. The maximum absolute atomic E-state index is 5.81. The van der Waals surface area contributed by atoms with Gasteiger partial charge in [-0.2, -0.15) is 0 Å². The van der Waals surface area contributed by atoms with Gasteiger partial charge in [0, 0.05) is 18.3 Å². The Balaban J connectivity index is 1.60. The summed E-state index contributed by atoms with van der Waals surface area (Å²) < 4.78 is 5.81. The van der Waals surface area contributed by atoms with Crippen LogP contribution in [0.4, 0.5) is 0 Å². The average Bonchev–Trinajstić information content (AvgIpc) is 2.55. The third-order valence-electron chi connectivity index (χ3n) is 4.77. The van der Waals surface area contributed by atoms with Crippen LogP contribution in [0.2, 0.25) is 0 Å². The minimum absolute atomic E-state index is 0.347. The Hall–Kier alpha value is -1.97. The summed E-state index contributed by atoms with van der Waals surface area (Å²) in [6, 6.07) is 17.8. The molecule has 2 aliphatic heterocycles. The lowest BCUT2D eigenvalue weighted by atomic mass is 9.91. The van der Waals surface area contributed by atoms with Crippen LogP contribution in [-0.4, -0.2) is 35.2 Å². The van der Waals surface area contributed by atoms with E-state index in [0.29, 0.717) is 12.1 Å². The zero-order valence-corrected chi connectivity index (χ0v) is 13.5. The van der Waals surface area contributed by atoms with Gasteiger partial charge >= 0.3 is 0 Å². The van der Waals surface area contributed by atoms with Crippen LogP contribution in [0.3, 0.4) is 0 Å². The quantitative estimate of drug-likeness (QED) is 0.868. The molecule has 1 aromatic heterocycles. The SMILES string of the molecule is Cc1cccc(C2=CC3COCC(C2)N3Cc2ccccc2)n1. The molecule has 3 heterocycles. The lowest BCUT2D eigenvalue weighted by Crippen LogP contribution is -2.53. The number of aromatic nitrogens is 1. The highest BCUT2D eigenvalue weighted by atomic mass is 16.5. The first-order valence-corrected chi connectivity index (χ1v) is 8.32. The van der Waals surface area contributed by atoms with E-state index in [0.717, 1.165) is 37.6 Å². The molecule has 1 aromatic carbocycles. The van der Waals surface area contributed by atoms with Gasteiger partial charge in [-0.15, -0.1) is 0 Å². The Kier molecular flexibility index (Phi) is 3.98. The highest BCUT2D eigenvalue weighted by molar-refractivity contribution is 5.65. The van der Waals surface area contributed by atoms with Gasteiger partial charge in [0.15, 0.2) is 0 Å². The first-order chi connectivity index (χ1) is 11.3. The Morgan fingerprint density at radius 3 is 2.74 bits per heavy atom. The van der Waals surface area contributed by atoms with E-state index in [1.54, 1.807) is 0 Å². The number of morpholine rings is 1. The van der Waals surface area contributed by atoms with Crippen LogP contribution in [0.15, 0.2) is 54.6 Å². The molecule has 0 spiro atoms. The summed E-state index contributed by atoms with van der Waals surface area (Å²) in [6.45, 7) is 4.63. The number of fused-ring (bicyclic) bond motifs is 2. The molecule has 2 aromatic rings. The lowest BCUT2D eigenvalue weighted by Gasteiger charge is -2.44. The predicted molar refractivity (Wildman–Crippen MR) is 91.9 cm³/mol. The fraction of sp³-hybridized carbons (Fsp3) is 0.350. The first kappa shape index (κ1) is 14.6. The van der Waals surface area contributed by atoms with E-state index in [1.165, 1.54) is 11.1 Å². The third kappa shape index (κ3) is 3.07. The van der Waals surface area contributed by atoms with Gasteiger partial charge in [-0.1, -0.05) is 42.5 Å². The molecule has 0 saturated carbocycles. The molecule has 1 saturated heterocycles. The number of hydrogen-bond donors (Lipinski definition) is 0. The Bertz CT molecular complexity index is 711. The first-order valence-electron chi connectivity index (χ1n) is 8.32. The minimum atomic E-state index is 0.347. The summed E-state index contributed by atoms with van der Waals surface area (Å²) >= 11 is 0. The van der Waals surface area contributed by atoms with E-state index < -0.39 is 0 Å². The van der Waals surface area contributed by atoms with Crippen molar-refractivity contribution in [3.63, 3.8) is 0 Å². The molecule has 4 rings (SSSR count). The second-order valence-electron chi connectivity index (χ2n) is 6.48. The molecule has 3 heteroatoms. The van der Waals surface area contributed by atoms with E-state index in [9.17, 15) is 0 Å². The number of rotatable bonds is 3. The van der Waals surface area contributed by atoms with Crippen LogP contribution in [0.25, 0.3) is 5.57 Å². The number of pyridine rings is 1. The molecule has 2 aliphatic rings. The van der Waals surface area contributed by atoms with Gasteiger partial charge in [-0.3, -0.25) is 9.88 Å². The standard InChI is InChI=1S/C20H22N2O/c1-15-6-5-9-20(21-15)17-10-18-13-23-14-19(11-17)22(18)12-16-7-3-2-4-8-16/h2-10,18-19H,11-14H2,1H3. The second-order valence-corrected chi connectivity index (χ2v) is 6.48. The summed E-state index contributed by atoms with van der Waals surface area (Å²) in [7, 11) is 0. The van der Waals surface area contributed by atoms with Gasteiger partial charge in [0.1, 0.15) is 0 Å². The van der Waals surface area contributed by atoms with Crippen molar-refractivity contribution in [2.75, 3.05) is 13.2 Å². The van der Waals surface area contributed by atoms with Crippen molar-refractivity contribution in [1.29, 1.82) is 0 Å². The van der Waals surface area contributed by atoms with Gasteiger partial charge in [-0.25, -0.2) is 0 Å². The van der Waals surface area contributed by atoms with Crippen LogP contribution in [0.5, 0.6) is 0 Å². The summed E-state index contributed by atoms with van der Waals surface area (Å²) in [5.74, 6) is 0. The normalized spacial score (nSPS) is 24.3. The fourth-order valence-electron chi connectivity index (χ4n) is 3.61. The average molecular weight is 306 g/mol. The number of aryl methyl sites for hydroxylation is 1. The largest absolute Gasteiger partial charge is 0.378 e. The summed E-state index contributed by atoms with van der Waals surface area (Å²) in [4.78, 5) is 7.29. The van der Waals surface area contributed by atoms with Crippen molar-refractivity contribution >= 4 is 5.57 Å². The molecule has 2 bridgehead atoms. The zero-order valence-electron chi connectivity index (χ0n) is 13.5. The molecule has 0 aliphatic carbocycles. The van der Waals surface area contributed by atoms with Crippen LogP contribution < -0.4 is 0 Å². The van der Waals surface area contributed by atoms with Crippen LogP contribution in [-0.2, 0) is 11.3 Å². The van der Waals surface area contributed by atoms with E-state index in [-0.39, 0.29) is 0 Å². The number of benzene rings is 1. The fourth-order valence-corrected chi connectivity index (χ4v) is 3.61. The summed E-state index contributed by atoms with van der Waals surface area (Å²) in [6.07, 6.45) is 3.38. The number of ether oxygens (including phenoxy) is 1. The molecule has 0 amide bonds. The van der Waals surface area contributed by atoms with Crippen molar-refractivity contribution in [3.8, 4) is 0 Å². The molecule has 3 nitrogen and oxygen atoms in total. The Labute approximate surface area is 137 Å². The molecule has 23 heavy (non-hydrogen) atoms. The van der Waals surface area contributed by atoms with Crippen LogP contribution >= 0.6 is 0 Å². The summed E-state index contributed by atoms with van der Waals surface area (Å²) in [5, 5.41) is 0. The monoisotopic (exact) mass is 306 g/mol. The zero-order chi connectivity index (χ0) is 15.6. The van der Waals surface area contributed by atoms with E-state index in [1.807, 2.05) is 0 Å². The van der Waals surface area contributed by atoms with Crippen LogP contribution in [0.1, 0.15) is 23.4 Å². The van der Waals surface area contributed by atoms with Crippen molar-refractivity contribution < 1.29 is 4.74 Å². The van der Waals surface area contributed by atoms with Gasteiger partial charge in [0.2, 0.25) is 0 Å². The minimum Gasteiger partial charge on any atom is -0.378 e. The third-order valence-corrected chi connectivity index (χ3v) is 4.77. The number of hydrogen-bond acceptors (Lipinski definition) is 3. The molecule has 2 atom stereocenters. The molecule has 0 N–H and O–H groups in total. The smallest absolute Gasteiger partial charge is 0.0662 e. The maximum atomic E-state index is 5.81. The Morgan fingerprint density at radius 2 is 1.96 bits per heavy atom. The van der Waals surface area contributed by atoms with Crippen molar-refractivity contribution in [1.82, 2.24) is 9.88 Å². The van der Waals surface area contributed by atoms with Crippen LogP contribution in [0, 0.1) is 6.92 Å². The van der Waals surface area contributed by atoms with Crippen molar-refractivity contribution in [3.05, 3.63) is 71.6 Å². The highest BCUT2D eigenvalue weighted by Gasteiger charge is 2.35. The molecule has 0 radical (unpaired) electrons. The molecule has 1 fully saturated rings. The molecular formula is C20H22N2O. The Morgan fingerprint density at radius 1 is 1.09 bits per heavy atom. The lowest BCUT2D eigenvalue weighted by molar-refractivity contribution is -0.0403. The summed E-state index contributed by atoms with van der Waals surface area (Å²) in [5.41, 5.74) is 4.95. The van der Waals surface area contributed by atoms with Gasteiger partial charge in [0.25, 0.3) is 0 Å². The predicted octanol–water partition coefficient (Wildman–Crippen LogP) is 3.45. The molecule has 118 valence electrons. The van der Waals surface area contributed by atoms with Gasteiger partial charge < -0.3 is 4.74 Å². The van der Waals surface area contributed by atoms with E-state index in [2.05, 4.69) is 66.4 Å². The van der Waals surface area contributed by atoms with Crippen molar-refractivity contribution in [2.45, 2.75) is 32.0 Å². The highest BCUT2D eigenvalue weighted by Crippen LogP contribution is 2.32. The topological polar surface area (TPSA) is 25.4 Å².